The van der Waals surface area contributed by atoms with Gasteiger partial charge in [0.15, 0.2) is 5.96 Å². The van der Waals surface area contributed by atoms with Crippen molar-refractivity contribution in [3.05, 3.63) is 57.8 Å². The van der Waals surface area contributed by atoms with E-state index in [1.807, 2.05) is 17.0 Å². The monoisotopic (exact) mass is 384 g/mol. The number of amides is 1. The summed E-state index contributed by atoms with van der Waals surface area (Å²) in [5, 5.41) is 8.92. The molecular formula is C21H28N4OS. The number of hydrogen-bond donors (Lipinski definition) is 2. The molecule has 3 rings (SSSR count). The maximum absolute atomic E-state index is 11.9. The fourth-order valence-electron chi connectivity index (χ4n) is 3.28. The van der Waals surface area contributed by atoms with Crippen LogP contribution in [0.5, 0.6) is 0 Å². The number of rotatable bonds is 7. The second kappa shape index (κ2) is 9.55. The van der Waals surface area contributed by atoms with Crippen LogP contribution in [0, 0.1) is 0 Å². The summed E-state index contributed by atoms with van der Waals surface area (Å²) in [6.07, 6.45) is 1.65. The fraction of sp³-hybridized carbons (Fsp3) is 0.429. The molecular weight excluding hydrogens is 356 g/mol. The topological polar surface area (TPSA) is 56.7 Å². The van der Waals surface area contributed by atoms with Gasteiger partial charge in [-0.3, -0.25) is 9.79 Å². The van der Waals surface area contributed by atoms with Crippen molar-refractivity contribution in [2.45, 2.75) is 38.8 Å². The summed E-state index contributed by atoms with van der Waals surface area (Å²) in [4.78, 5) is 19.6. The summed E-state index contributed by atoms with van der Waals surface area (Å²) >= 11 is 1.79. The largest absolute Gasteiger partial charge is 0.356 e. The Morgan fingerprint density at radius 2 is 2.04 bits per heavy atom. The number of nitrogens with one attached hydrogen (secondary N) is 2. The van der Waals surface area contributed by atoms with Crippen molar-refractivity contribution in [3.63, 3.8) is 0 Å². The third kappa shape index (κ3) is 5.32. The van der Waals surface area contributed by atoms with Gasteiger partial charge in [0.05, 0.1) is 0 Å². The molecule has 1 aromatic heterocycles. The smallest absolute Gasteiger partial charge is 0.222 e. The van der Waals surface area contributed by atoms with E-state index < -0.39 is 0 Å². The minimum atomic E-state index is 0.262. The molecule has 1 fully saturated rings. The lowest BCUT2D eigenvalue weighted by Gasteiger charge is -2.19. The third-order valence-electron chi connectivity index (χ3n) is 4.93. The highest BCUT2D eigenvalue weighted by Gasteiger charge is 2.20. The summed E-state index contributed by atoms with van der Waals surface area (Å²) < 4.78 is 0. The standard InChI is InChI=1S/C21H28N4OS/c1-16(19-9-6-12-27-19)13-23-21(22-2)24-14-17-7-3-4-8-18(17)15-25-11-5-10-20(25)26/h3-4,6-9,12,16H,5,10-11,13-15H2,1-2H3,(H2,22,23,24). The van der Waals surface area contributed by atoms with E-state index in [1.165, 1.54) is 16.0 Å². The molecule has 1 aromatic carbocycles. The SMILES string of the molecule is CN=C(NCc1ccccc1CN1CCCC1=O)NCC(C)c1cccs1. The Kier molecular flexibility index (Phi) is 6.87. The molecule has 1 aliphatic heterocycles. The Labute approximate surface area is 165 Å². The Balaban J connectivity index is 1.54. The molecule has 6 heteroatoms. The highest BCUT2D eigenvalue weighted by atomic mass is 32.1. The van der Waals surface area contributed by atoms with Crippen LogP contribution in [0.3, 0.4) is 0 Å². The van der Waals surface area contributed by atoms with Crippen LogP contribution in [0.15, 0.2) is 46.8 Å². The summed E-state index contributed by atoms with van der Waals surface area (Å²) in [6, 6.07) is 12.6. The zero-order valence-electron chi connectivity index (χ0n) is 16.1. The quantitative estimate of drug-likeness (QED) is 0.569. The van der Waals surface area contributed by atoms with Crippen LogP contribution in [-0.2, 0) is 17.9 Å². The number of aliphatic imine (C=N–C) groups is 1. The van der Waals surface area contributed by atoms with Gasteiger partial charge in [0.2, 0.25) is 5.91 Å². The van der Waals surface area contributed by atoms with Gasteiger partial charge in [-0.1, -0.05) is 37.3 Å². The number of carbonyl (C=O) groups is 1. The van der Waals surface area contributed by atoms with Gasteiger partial charge >= 0.3 is 0 Å². The van der Waals surface area contributed by atoms with E-state index in [0.717, 1.165) is 25.5 Å². The van der Waals surface area contributed by atoms with Crippen LogP contribution in [0.4, 0.5) is 0 Å². The molecule has 1 unspecified atom stereocenters. The predicted octanol–water partition coefficient (Wildman–Crippen LogP) is 3.34. The second-order valence-corrected chi connectivity index (χ2v) is 7.89. The first kappa shape index (κ1) is 19.4. The van der Waals surface area contributed by atoms with Crippen molar-refractivity contribution < 1.29 is 4.79 Å². The number of likely N-dealkylation sites (tertiary alicyclic amines) is 1. The first-order chi connectivity index (χ1) is 13.2. The molecule has 5 nitrogen and oxygen atoms in total. The van der Waals surface area contributed by atoms with Crippen molar-refractivity contribution in [3.8, 4) is 0 Å². The van der Waals surface area contributed by atoms with E-state index in [-0.39, 0.29) is 5.91 Å². The van der Waals surface area contributed by atoms with E-state index in [9.17, 15) is 4.79 Å². The summed E-state index contributed by atoms with van der Waals surface area (Å²) in [7, 11) is 1.79. The Bertz CT molecular complexity index is 772. The molecule has 144 valence electrons. The number of carbonyl (C=O) groups excluding carboxylic acids is 1. The van der Waals surface area contributed by atoms with Gasteiger partial charge < -0.3 is 15.5 Å². The van der Waals surface area contributed by atoms with Crippen molar-refractivity contribution in [1.82, 2.24) is 15.5 Å². The van der Waals surface area contributed by atoms with Gasteiger partial charge in [0.25, 0.3) is 0 Å². The number of thiophene rings is 1. The number of hydrogen-bond acceptors (Lipinski definition) is 3. The van der Waals surface area contributed by atoms with Gasteiger partial charge in [0, 0.05) is 50.4 Å². The Morgan fingerprint density at radius 3 is 2.70 bits per heavy atom. The average Bonchev–Trinajstić information content (AvgIpc) is 3.35. The van der Waals surface area contributed by atoms with Crippen molar-refractivity contribution in [1.29, 1.82) is 0 Å². The molecule has 1 atom stereocenters. The molecule has 0 bridgehead atoms. The second-order valence-electron chi connectivity index (χ2n) is 6.91. The average molecular weight is 385 g/mol. The minimum Gasteiger partial charge on any atom is -0.356 e. The molecule has 27 heavy (non-hydrogen) atoms. The van der Waals surface area contributed by atoms with Gasteiger partial charge in [-0.15, -0.1) is 11.3 Å². The van der Waals surface area contributed by atoms with Crippen LogP contribution >= 0.6 is 11.3 Å². The molecule has 1 saturated heterocycles. The molecule has 1 aliphatic rings. The fourth-order valence-corrected chi connectivity index (χ4v) is 4.07. The maximum Gasteiger partial charge on any atom is 0.222 e. The van der Waals surface area contributed by atoms with Crippen molar-refractivity contribution >= 4 is 23.2 Å². The molecule has 0 aliphatic carbocycles. The van der Waals surface area contributed by atoms with Crippen molar-refractivity contribution in [2.24, 2.45) is 4.99 Å². The number of benzene rings is 1. The zero-order chi connectivity index (χ0) is 19.1. The first-order valence-corrected chi connectivity index (χ1v) is 10.4. The summed E-state index contributed by atoms with van der Waals surface area (Å²) in [5.74, 6) is 1.50. The van der Waals surface area contributed by atoms with Crippen LogP contribution in [0.2, 0.25) is 0 Å². The van der Waals surface area contributed by atoms with Crippen LogP contribution in [0.25, 0.3) is 0 Å². The van der Waals surface area contributed by atoms with E-state index >= 15 is 0 Å². The molecule has 0 saturated carbocycles. The summed E-state index contributed by atoms with van der Waals surface area (Å²) in [5.41, 5.74) is 2.40. The number of guanidine groups is 1. The minimum absolute atomic E-state index is 0.262. The number of nitrogens with zero attached hydrogens (tertiary/aromatic N) is 2. The highest BCUT2D eigenvalue weighted by molar-refractivity contribution is 7.10. The molecule has 1 amide bonds. The zero-order valence-corrected chi connectivity index (χ0v) is 16.9. The van der Waals surface area contributed by atoms with Crippen molar-refractivity contribution in [2.75, 3.05) is 20.1 Å². The van der Waals surface area contributed by atoms with Gasteiger partial charge in [-0.25, -0.2) is 0 Å². The Hall–Kier alpha value is -2.34. The van der Waals surface area contributed by atoms with Gasteiger partial charge in [-0.05, 0) is 29.0 Å². The third-order valence-corrected chi connectivity index (χ3v) is 6.03. The summed E-state index contributed by atoms with van der Waals surface area (Å²) in [6.45, 7) is 5.30. The molecule has 2 aromatic rings. The van der Waals surface area contributed by atoms with Gasteiger partial charge in [-0.2, -0.15) is 0 Å². The molecule has 0 spiro atoms. The lowest BCUT2D eigenvalue weighted by Crippen LogP contribution is -2.38. The van der Waals surface area contributed by atoms with Gasteiger partial charge in [0.1, 0.15) is 0 Å². The van der Waals surface area contributed by atoms with Crippen LogP contribution in [0.1, 0.15) is 41.7 Å². The lowest BCUT2D eigenvalue weighted by atomic mass is 10.1. The maximum atomic E-state index is 11.9. The van der Waals surface area contributed by atoms with E-state index in [1.54, 1.807) is 18.4 Å². The molecule has 0 radical (unpaired) electrons. The molecule has 2 N–H and O–H groups in total. The van der Waals surface area contributed by atoms with Crippen LogP contribution < -0.4 is 10.6 Å². The van der Waals surface area contributed by atoms with E-state index in [0.29, 0.717) is 25.4 Å². The predicted molar refractivity (Wildman–Crippen MR) is 112 cm³/mol. The van der Waals surface area contributed by atoms with E-state index in [2.05, 4.69) is 52.2 Å². The van der Waals surface area contributed by atoms with Crippen LogP contribution in [-0.4, -0.2) is 36.9 Å². The highest BCUT2D eigenvalue weighted by Crippen LogP contribution is 2.20. The first-order valence-electron chi connectivity index (χ1n) is 9.50. The van der Waals surface area contributed by atoms with E-state index in [4.69, 9.17) is 0 Å². The molecule has 2 heterocycles. The normalized spacial score (nSPS) is 15.9. The Morgan fingerprint density at radius 1 is 1.22 bits per heavy atom. The lowest BCUT2D eigenvalue weighted by molar-refractivity contribution is -0.128.